The summed E-state index contributed by atoms with van der Waals surface area (Å²) in [7, 11) is -1.22. The molecule has 0 spiro atoms. The molecule has 6 heteroatoms. The fraction of sp³-hybridized carbons (Fsp3) is 0.571. The van der Waals surface area contributed by atoms with Gasteiger partial charge < -0.3 is 10.1 Å². The number of thioether (sulfide) groups is 1. The van der Waals surface area contributed by atoms with Gasteiger partial charge in [-0.25, -0.2) is 8.42 Å². The van der Waals surface area contributed by atoms with Crippen molar-refractivity contribution in [3.63, 3.8) is 0 Å². The molecule has 1 aromatic carbocycles. The quantitative estimate of drug-likeness (QED) is 0.707. The second kappa shape index (κ2) is 8.54. The fourth-order valence-corrected chi connectivity index (χ4v) is 4.18. The standard InChI is InChI=1S/C14H23NO3S2/c1-4-15-14(11-19-8-9-20(3,16)17)12-6-5-7-13(10-12)18-2/h5-7,10,14-15H,4,8-9,11H2,1-3H3. The summed E-state index contributed by atoms with van der Waals surface area (Å²) in [5, 5.41) is 3.42. The summed E-state index contributed by atoms with van der Waals surface area (Å²) in [6, 6.07) is 8.18. The molecule has 4 nitrogen and oxygen atoms in total. The van der Waals surface area contributed by atoms with Crippen molar-refractivity contribution in [2.45, 2.75) is 13.0 Å². The molecule has 0 aliphatic carbocycles. The van der Waals surface area contributed by atoms with Crippen LogP contribution in [0.1, 0.15) is 18.5 Å². The van der Waals surface area contributed by atoms with Crippen molar-refractivity contribution in [1.29, 1.82) is 0 Å². The molecule has 0 aliphatic heterocycles. The number of sulfone groups is 1. The first-order chi connectivity index (χ1) is 9.46. The minimum Gasteiger partial charge on any atom is -0.497 e. The molecule has 0 radical (unpaired) electrons. The number of hydrogen-bond donors (Lipinski definition) is 1. The predicted octanol–water partition coefficient (Wildman–Crippen LogP) is 2.12. The second-order valence-corrected chi connectivity index (χ2v) is 8.00. The van der Waals surface area contributed by atoms with Gasteiger partial charge in [0.15, 0.2) is 0 Å². The summed E-state index contributed by atoms with van der Waals surface area (Å²) >= 11 is 1.65. The highest BCUT2D eigenvalue weighted by atomic mass is 32.2. The number of methoxy groups -OCH3 is 1. The van der Waals surface area contributed by atoms with Crippen LogP contribution in [0, 0.1) is 0 Å². The summed E-state index contributed by atoms with van der Waals surface area (Å²) in [5.74, 6) is 2.54. The van der Waals surface area contributed by atoms with Crippen molar-refractivity contribution in [3.8, 4) is 5.75 Å². The Bertz CT molecular complexity index is 503. The smallest absolute Gasteiger partial charge is 0.148 e. The van der Waals surface area contributed by atoms with E-state index in [4.69, 9.17) is 4.74 Å². The maximum atomic E-state index is 11.1. The number of rotatable bonds is 9. The van der Waals surface area contributed by atoms with Crippen LogP contribution in [-0.4, -0.2) is 45.6 Å². The second-order valence-electron chi connectivity index (χ2n) is 4.59. The van der Waals surface area contributed by atoms with E-state index in [1.165, 1.54) is 6.26 Å². The molecule has 1 aromatic rings. The van der Waals surface area contributed by atoms with E-state index in [9.17, 15) is 8.42 Å². The van der Waals surface area contributed by atoms with Crippen LogP contribution in [0.25, 0.3) is 0 Å². The summed E-state index contributed by atoms with van der Waals surface area (Å²) in [4.78, 5) is 0. The van der Waals surface area contributed by atoms with E-state index in [0.29, 0.717) is 5.75 Å². The molecule has 1 rings (SSSR count). The highest BCUT2D eigenvalue weighted by molar-refractivity contribution is 8.00. The average Bonchev–Trinajstić information content (AvgIpc) is 2.41. The van der Waals surface area contributed by atoms with Gasteiger partial charge in [0.25, 0.3) is 0 Å². The van der Waals surface area contributed by atoms with E-state index >= 15 is 0 Å². The molecule has 0 saturated heterocycles. The molecule has 1 unspecified atom stereocenters. The van der Waals surface area contributed by atoms with Gasteiger partial charge in [0.05, 0.1) is 12.9 Å². The van der Waals surface area contributed by atoms with Crippen LogP contribution in [0.5, 0.6) is 5.75 Å². The van der Waals surface area contributed by atoms with Crippen LogP contribution >= 0.6 is 11.8 Å². The van der Waals surface area contributed by atoms with Crippen molar-refractivity contribution in [3.05, 3.63) is 29.8 Å². The van der Waals surface area contributed by atoms with Gasteiger partial charge in [-0.1, -0.05) is 19.1 Å². The monoisotopic (exact) mass is 317 g/mol. The molecule has 0 amide bonds. The zero-order chi connectivity index (χ0) is 15.0. The molecule has 0 bridgehead atoms. The van der Waals surface area contributed by atoms with Crippen molar-refractivity contribution in [2.75, 3.05) is 37.2 Å². The van der Waals surface area contributed by atoms with Gasteiger partial charge in [-0.15, -0.1) is 0 Å². The lowest BCUT2D eigenvalue weighted by atomic mass is 10.1. The fourth-order valence-electron chi connectivity index (χ4n) is 1.79. The Morgan fingerprint density at radius 2 is 2.15 bits per heavy atom. The molecular weight excluding hydrogens is 294 g/mol. The van der Waals surface area contributed by atoms with Crippen molar-refractivity contribution in [1.82, 2.24) is 5.32 Å². The van der Waals surface area contributed by atoms with Crippen LogP contribution in [-0.2, 0) is 9.84 Å². The van der Waals surface area contributed by atoms with Crippen LogP contribution in [0.3, 0.4) is 0 Å². The van der Waals surface area contributed by atoms with Gasteiger partial charge in [-0.05, 0) is 24.2 Å². The van der Waals surface area contributed by atoms with E-state index in [0.717, 1.165) is 23.6 Å². The van der Waals surface area contributed by atoms with Crippen LogP contribution in [0.15, 0.2) is 24.3 Å². The third-order valence-corrected chi connectivity index (χ3v) is 5.10. The lowest BCUT2D eigenvalue weighted by Gasteiger charge is -2.18. The number of nitrogens with one attached hydrogen (secondary N) is 1. The summed E-state index contributed by atoms with van der Waals surface area (Å²) in [6.45, 7) is 2.93. The lowest BCUT2D eigenvalue weighted by molar-refractivity contribution is 0.413. The van der Waals surface area contributed by atoms with Gasteiger partial charge in [0.1, 0.15) is 15.6 Å². The Balaban J connectivity index is 2.59. The molecule has 0 aromatic heterocycles. The highest BCUT2D eigenvalue weighted by Gasteiger charge is 2.12. The first-order valence-electron chi connectivity index (χ1n) is 6.59. The van der Waals surface area contributed by atoms with E-state index in [2.05, 4.69) is 18.3 Å². The van der Waals surface area contributed by atoms with Gasteiger partial charge in [-0.2, -0.15) is 11.8 Å². The number of benzene rings is 1. The van der Waals surface area contributed by atoms with Gasteiger partial charge in [0.2, 0.25) is 0 Å². The molecule has 0 fully saturated rings. The SMILES string of the molecule is CCNC(CSCCS(C)(=O)=O)c1cccc(OC)c1. The first-order valence-corrected chi connectivity index (χ1v) is 9.80. The minimum absolute atomic E-state index is 0.208. The summed E-state index contributed by atoms with van der Waals surface area (Å²) in [5.41, 5.74) is 1.16. The molecule has 0 aliphatic rings. The Morgan fingerprint density at radius 1 is 1.40 bits per heavy atom. The minimum atomic E-state index is -2.87. The third-order valence-electron chi connectivity index (χ3n) is 2.83. The molecular formula is C14H23NO3S2. The van der Waals surface area contributed by atoms with Crippen molar-refractivity contribution in [2.24, 2.45) is 0 Å². The van der Waals surface area contributed by atoms with Crippen LogP contribution in [0.2, 0.25) is 0 Å². The topological polar surface area (TPSA) is 55.4 Å². The molecule has 114 valence electrons. The van der Waals surface area contributed by atoms with Gasteiger partial charge in [0, 0.05) is 23.8 Å². The molecule has 1 atom stereocenters. The zero-order valence-corrected chi connectivity index (χ0v) is 13.9. The summed E-state index contributed by atoms with van der Waals surface area (Å²) in [6.07, 6.45) is 1.28. The Morgan fingerprint density at radius 3 is 2.75 bits per heavy atom. The Kier molecular flexibility index (Phi) is 7.40. The predicted molar refractivity (Wildman–Crippen MR) is 86.4 cm³/mol. The lowest BCUT2D eigenvalue weighted by Crippen LogP contribution is -2.23. The number of ether oxygens (including phenoxy) is 1. The molecule has 0 saturated carbocycles. The molecule has 20 heavy (non-hydrogen) atoms. The Hall–Kier alpha value is -0.720. The molecule has 0 heterocycles. The highest BCUT2D eigenvalue weighted by Crippen LogP contribution is 2.22. The van der Waals surface area contributed by atoms with Gasteiger partial charge in [-0.3, -0.25) is 0 Å². The van der Waals surface area contributed by atoms with Crippen LogP contribution < -0.4 is 10.1 Å². The van der Waals surface area contributed by atoms with E-state index in [1.807, 2.05) is 18.2 Å². The van der Waals surface area contributed by atoms with E-state index in [-0.39, 0.29) is 11.8 Å². The number of hydrogen-bond acceptors (Lipinski definition) is 5. The zero-order valence-electron chi connectivity index (χ0n) is 12.3. The summed E-state index contributed by atoms with van der Waals surface area (Å²) < 4.78 is 27.5. The Labute approximate surface area is 126 Å². The maximum absolute atomic E-state index is 11.1. The largest absolute Gasteiger partial charge is 0.497 e. The third kappa shape index (κ3) is 6.63. The van der Waals surface area contributed by atoms with E-state index in [1.54, 1.807) is 18.9 Å². The van der Waals surface area contributed by atoms with Crippen LogP contribution in [0.4, 0.5) is 0 Å². The normalized spacial score (nSPS) is 13.2. The average molecular weight is 317 g/mol. The van der Waals surface area contributed by atoms with E-state index < -0.39 is 9.84 Å². The van der Waals surface area contributed by atoms with Gasteiger partial charge >= 0.3 is 0 Å². The first kappa shape index (κ1) is 17.3. The molecule has 1 N–H and O–H groups in total. The maximum Gasteiger partial charge on any atom is 0.148 e. The van der Waals surface area contributed by atoms with Crippen molar-refractivity contribution >= 4 is 21.6 Å². The van der Waals surface area contributed by atoms with Crippen molar-refractivity contribution < 1.29 is 13.2 Å².